The number of urea groups is 1. The van der Waals surface area contributed by atoms with E-state index in [4.69, 9.17) is 5.11 Å². The molecule has 104 valence electrons. The molecule has 4 N–H and O–H groups in total. The Labute approximate surface area is 114 Å². The Morgan fingerprint density at radius 1 is 1.63 bits per heavy atom. The van der Waals surface area contributed by atoms with Crippen molar-refractivity contribution < 1.29 is 14.7 Å². The van der Waals surface area contributed by atoms with Crippen molar-refractivity contribution in [3.63, 3.8) is 0 Å². The van der Waals surface area contributed by atoms with E-state index in [1.165, 1.54) is 6.33 Å². The zero-order chi connectivity index (χ0) is 13.7. The van der Waals surface area contributed by atoms with Gasteiger partial charge in [0.15, 0.2) is 0 Å². The highest BCUT2D eigenvalue weighted by molar-refractivity contribution is 7.99. The topological polar surface area (TPSA) is 107 Å². The molecule has 2 atom stereocenters. The van der Waals surface area contributed by atoms with Gasteiger partial charge in [0.1, 0.15) is 6.04 Å². The number of nitrogens with zero attached hydrogens (tertiary/aromatic N) is 1. The first-order valence-corrected chi connectivity index (χ1v) is 7.15. The van der Waals surface area contributed by atoms with Gasteiger partial charge >= 0.3 is 12.0 Å². The van der Waals surface area contributed by atoms with E-state index >= 15 is 0 Å². The van der Waals surface area contributed by atoms with E-state index < -0.39 is 18.0 Å². The summed E-state index contributed by atoms with van der Waals surface area (Å²) < 4.78 is 0. The summed E-state index contributed by atoms with van der Waals surface area (Å²) in [5, 5.41) is 14.4. The zero-order valence-electron chi connectivity index (χ0n) is 10.3. The summed E-state index contributed by atoms with van der Waals surface area (Å²) >= 11 is 1.78. The van der Waals surface area contributed by atoms with Crippen LogP contribution in [-0.4, -0.2) is 50.7 Å². The standard InChI is InChI=1S/C11H16N4O3S/c16-10(17)9(3-8-4-12-6-13-8)15-11(18)14-7-1-2-19-5-7/h4,6-7,9H,1-3,5H2,(H,12,13)(H,16,17)(H2,14,15,18)/t7?,9-/m0/s1. The number of aliphatic carboxylic acids is 1. The number of carbonyl (C=O) groups excluding carboxylic acids is 1. The maximum absolute atomic E-state index is 11.7. The predicted octanol–water partition coefficient (Wildman–Crippen LogP) is 0.210. The maximum Gasteiger partial charge on any atom is 0.326 e. The molecule has 1 aromatic heterocycles. The van der Waals surface area contributed by atoms with Gasteiger partial charge in [-0.05, 0) is 12.2 Å². The Hall–Kier alpha value is -1.70. The number of aromatic nitrogens is 2. The van der Waals surface area contributed by atoms with Crippen molar-refractivity contribution in [3.05, 3.63) is 18.2 Å². The largest absolute Gasteiger partial charge is 0.480 e. The Bertz CT molecular complexity index is 431. The normalized spacial score (nSPS) is 19.9. The fourth-order valence-electron chi connectivity index (χ4n) is 1.85. The van der Waals surface area contributed by atoms with Crippen molar-refractivity contribution in [2.75, 3.05) is 11.5 Å². The van der Waals surface area contributed by atoms with Crippen LogP contribution in [0.4, 0.5) is 4.79 Å². The molecule has 8 heteroatoms. The fourth-order valence-corrected chi connectivity index (χ4v) is 3.00. The summed E-state index contributed by atoms with van der Waals surface area (Å²) in [6, 6.07) is -1.26. The highest BCUT2D eigenvalue weighted by Gasteiger charge is 2.23. The number of thioether (sulfide) groups is 1. The van der Waals surface area contributed by atoms with Gasteiger partial charge < -0.3 is 20.7 Å². The van der Waals surface area contributed by atoms with Gasteiger partial charge in [-0.15, -0.1) is 0 Å². The van der Waals surface area contributed by atoms with Crippen LogP contribution in [-0.2, 0) is 11.2 Å². The van der Waals surface area contributed by atoms with Crippen LogP contribution < -0.4 is 10.6 Å². The minimum atomic E-state index is -1.06. The molecular formula is C11H16N4O3S. The number of imidazole rings is 1. The van der Waals surface area contributed by atoms with Crippen molar-refractivity contribution in [2.24, 2.45) is 0 Å². The third-order valence-corrected chi connectivity index (χ3v) is 4.01. The van der Waals surface area contributed by atoms with Crippen molar-refractivity contribution in [1.29, 1.82) is 0 Å². The number of aromatic amines is 1. The average Bonchev–Trinajstić information content (AvgIpc) is 3.00. The number of hydrogen-bond donors (Lipinski definition) is 4. The molecule has 0 aliphatic carbocycles. The summed E-state index contributed by atoms with van der Waals surface area (Å²) in [5.41, 5.74) is 0.670. The summed E-state index contributed by atoms with van der Waals surface area (Å²) in [5.74, 6) is 0.846. The first-order valence-electron chi connectivity index (χ1n) is 6.00. The number of carboxylic acids is 1. The predicted molar refractivity (Wildman–Crippen MR) is 71.1 cm³/mol. The summed E-state index contributed by atoms with van der Waals surface area (Å²) in [4.78, 5) is 29.5. The molecule has 0 radical (unpaired) electrons. The molecule has 0 spiro atoms. The summed E-state index contributed by atoms with van der Waals surface area (Å²) in [7, 11) is 0. The van der Waals surface area contributed by atoms with Crippen LogP contribution in [0.5, 0.6) is 0 Å². The number of rotatable bonds is 5. The SMILES string of the molecule is O=C(NC1CCSC1)N[C@@H](Cc1cnc[nH]1)C(=O)O. The van der Waals surface area contributed by atoms with Crippen LogP contribution in [0.3, 0.4) is 0 Å². The van der Waals surface area contributed by atoms with E-state index in [1.807, 2.05) is 0 Å². The molecule has 2 amide bonds. The lowest BCUT2D eigenvalue weighted by Crippen LogP contribution is -2.49. The molecule has 1 fully saturated rings. The van der Waals surface area contributed by atoms with Crippen LogP contribution in [0.15, 0.2) is 12.5 Å². The molecule has 0 bridgehead atoms. The van der Waals surface area contributed by atoms with Gasteiger partial charge in [0.2, 0.25) is 0 Å². The quantitative estimate of drug-likeness (QED) is 0.618. The lowest BCUT2D eigenvalue weighted by Gasteiger charge is -2.17. The second-order valence-corrected chi connectivity index (χ2v) is 5.50. The molecule has 1 unspecified atom stereocenters. The second-order valence-electron chi connectivity index (χ2n) is 4.35. The first-order chi connectivity index (χ1) is 9.15. The Kier molecular flexibility index (Phi) is 4.67. The van der Waals surface area contributed by atoms with Gasteiger partial charge in [-0.25, -0.2) is 14.6 Å². The van der Waals surface area contributed by atoms with Crippen LogP contribution in [0, 0.1) is 0 Å². The number of carboxylic acid groups (broad SMARTS) is 1. The highest BCUT2D eigenvalue weighted by Crippen LogP contribution is 2.16. The number of hydrogen-bond acceptors (Lipinski definition) is 4. The third kappa shape index (κ3) is 4.16. The molecule has 7 nitrogen and oxygen atoms in total. The fraction of sp³-hybridized carbons (Fsp3) is 0.545. The van der Waals surface area contributed by atoms with Gasteiger partial charge in [-0.2, -0.15) is 11.8 Å². The molecule has 1 aliphatic heterocycles. The Morgan fingerprint density at radius 2 is 2.47 bits per heavy atom. The third-order valence-electron chi connectivity index (χ3n) is 2.85. The van der Waals surface area contributed by atoms with Crippen LogP contribution in [0.25, 0.3) is 0 Å². The molecule has 2 rings (SSSR count). The summed E-state index contributed by atoms with van der Waals surface area (Å²) in [6.07, 6.45) is 4.13. The first kappa shape index (κ1) is 13.7. The van der Waals surface area contributed by atoms with Crippen LogP contribution >= 0.6 is 11.8 Å². The van der Waals surface area contributed by atoms with E-state index in [0.717, 1.165) is 17.9 Å². The summed E-state index contributed by atoms with van der Waals surface area (Å²) in [6.45, 7) is 0. The Morgan fingerprint density at radius 3 is 3.05 bits per heavy atom. The molecule has 2 heterocycles. The lowest BCUT2D eigenvalue weighted by atomic mass is 10.1. The molecule has 1 aromatic rings. The van der Waals surface area contributed by atoms with E-state index in [1.54, 1.807) is 18.0 Å². The van der Waals surface area contributed by atoms with Gasteiger partial charge in [0, 0.05) is 30.1 Å². The van der Waals surface area contributed by atoms with Gasteiger partial charge in [-0.1, -0.05) is 0 Å². The average molecular weight is 284 g/mol. The number of H-pyrrole nitrogens is 1. The van der Waals surface area contributed by atoms with E-state index in [9.17, 15) is 9.59 Å². The van der Waals surface area contributed by atoms with Gasteiger partial charge in [-0.3, -0.25) is 0 Å². The smallest absolute Gasteiger partial charge is 0.326 e. The number of nitrogens with one attached hydrogen (secondary N) is 3. The highest BCUT2D eigenvalue weighted by atomic mass is 32.2. The maximum atomic E-state index is 11.7. The van der Waals surface area contributed by atoms with Crippen molar-refractivity contribution in [2.45, 2.75) is 24.9 Å². The number of carbonyl (C=O) groups is 2. The van der Waals surface area contributed by atoms with Gasteiger partial charge in [0.05, 0.1) is 6.33 Å². The molecule has 0 aromatic carbocycles. The molecule has 0 saturated carbocycles. The molecule has 19 heavy (non-hydrogen) atoms. The van der Waals surface area contributed by atoms with E-state index in [0.29, 0.717) is 5.69 Å². The molecule has 1 saturated heterocycles. The van der Waals surface area contributed by atoms with Crippen molar-refractivity contribution in [3.8, 4) is 0 Å². The van der Waals surface area contributed by atoms with Crippen molar-refractivity contribution in [1.82, 2.24) is 20.6 Å². The Balaban J connectivity index is 1.85. The second kappa shape index (κ2) is 6.46. The van der Waals surface area contributed by atoms with Crippen molar-refractivity contribution >= 4 is 23.8 Å². The van der Waals surface area contributed by atoms with Crippen LogP contribution in [0.2, 0.25) is 0 Å². The number of amides is 2. The minimum Gasteiger partial charge on any atom is -0.480 e. The molecule has 1 aliphatic rings. The zero-order valence-corrected chi connectivity index (χ0v) is 11.1. The monoisotopic (exact) mass is 284 g/mol. The minimum absolute atomic E-state index is 0.131. The molecular weight excluding hydrogens is 268 g/mol. The van der Waals surface area contributed by atoms with Gasteiger partial charge in [0.25, 0.3) is 0 Å². The van der Waals surface area contributed by atoms with E-state index in [-0.39, 0.29) is 12.5 Å². The van der Waals surface area contributed by atoms with E-state index in [2.05, 4.69) is 20.6 Å². The van der Waals surface area contributed by atoms with Crippen LogP contribution in [0.1, 0.15) is 12.1 Å². The lowest BCUT2D eigenvalue weighted by molar-refractivity contribution is -0.139.